The monoisotopic (exact) mass is 385 g/mol. The summed E-state index contributed by atoms with van der Waals surface area (Å²) >= 11 is 0. The van der Waals surface area contributed by atoms with Gasteiger partial charge in [0.25, 0.3) is 5.91 Å². The number of likely N-dealkylation sites (tertiary alicyclic amines) is 1. The lowest BCUT2D eigenvalue weighted by atomic mass is 9.90. The largest absolute Gasteiger partial charge is 0.481 e. The smallest absolute Gasteiger partial charge is 0.308 e. The van der Waals surface area contributed by atoms with Crippen molar-refractivity contribution in [3.63, 3.8) is 0 Å². The molecule has 4 rings (SSSR count). The lowest BCUT2D eigenvalue weighted by Gasteiger charge is -2.37. The SMILES string of the molecule is Cc1ccc(F)c(-n2nc(C(=O)N3CCC[C@@H](C(=O)O)[C@H]3C)c3c2CCC3)c1. The third kappa shape index (κ3) is 2.99. The van der Waals surface area contributed by atoms with Crippen molar-refractivity contribution in [1.29, 1.82) is 0 Å². The number of amides is 1. The number of hydrogen-bond donors (Lipinski definition) is 1. The van der Waals surface area contributed by atoms with Crippen LogP contribution in [0.25, 0.3) is 5.69 Å². The first kappa shape index (κ1) is 18.7. The van der Waals surface area contributed by atoms with Gasteiger partial charge in [0, 0.05) is 23.8 Å². The molecule has 28 heavy (non-hydrogen) atoms. The maximum atomic E-state index is 14.5. The van der Waals surface area contributed by atoms with E-state index in [1.54, 1.807) is 28.6 Å². The first-order chi connectivity index (χ1) is 13.4. The molecule has 1 saturated heterocycles. The Morgan fingerprint density at radius 3 is 2.79 bits per heavy atom. The van der Waals surface area contributed by atoms with Crippen molar-refractivity contribution in [1.82, 2.24) is 14.7 Å². The summed E-state index contributed by atoms with van der Waals surface area (Å²) in [5.41, 5.74) is 3.36. The lowest BCUT2D eigenvalue weighted by Crippen LogP contribution is -2.49. The number of piperidine rings is 1. The van der Waals surface area contributed by atoms with E-state index in [1.807, 2.05) is 6.92 Å². The number of carbonyl (C=O) groups is 2. The number of halogens is 1. The molecular formula is C21H24FN3O3. The zero-order valence-corrected chi connectivity index (χ0v) is 16.1. The molecule has 2 atom stereocenters. The molecule has 1 fully saturated rings. The Balaban J connectivity index is 1.74. The van der Waals surface area contributed by atoms with E-state index in [2.05, 4.69) is 5.10 Å². The van der Waals surface area contributed by atoms with Gasteiger partial charge in [-0.05, 0) is 63.6 Å². The highest BCUT2D eigenvalue weighted by atomic mass is 19.1. The predicted octanol–water partition coefficient (Wildman–Crippen LogP) is 3.13. The summed E-state index contributed by atoms with van der Waals surface area (Å²) < 4.78 is 16.0. The second-order valence-electron chi connectivity index (χ2n) is 7.82. The maximum absolute atomic E-state index is 14.5. The minimum Gasteiger partial charge on any atom is -0.481 e. The highest BCUT2D eigenvalue weighted by Crippen LogP contribution is 2.32. The summed E-state index contributed by atoms with van der Waals surface area (Å²) in [7, 11) is 0. The minimum atomic E-state index is -0.873. The Kier molecular flexibility index (Phi) is 4.69. The van der Waals surface area contributed by atoms with E-state index in [9.17, 15) is 19.1 Å². The number of aliphatic carboxylic acids is 1. The number of fused-ring (bicyclic) bond motifs is 1. The number of aromatic nitrogens is 2. The van der Waals surface area contributed by atoms with Gasteiger partial charge in [-0.15, -0.1) is 0 Å². The molecule has 1 aliphatic heterocycles. The molecule has 1 N–H and O–H groups in total. The molecule has 0 unspecified atom stereocenters. The summed E-state index contributed by atoms with van der Waals surface area (Å²) in [5, 5.41) is 14.0. The Bertz CT molecular complexity index is 953. The zero-order chi connectivity index (χ0) is 20.0. The van der Waals surface area contributed by atoms with E-state index in [0.29, 0.717) is 30.8 Å². The third-order valence-electron chi connectivity index (χ3n) is 6.03. The molecule has 1 aromatic carbocycles. The van der Waals surface area contributed by atoms with Crippen molar-refractivity contribution < 1.29 is 19.1 Å². The molecule has 0 spiro atoms. The number of nitrogens with zero attached hydrogens (tertiary/aromatic N) is 3. The van der Waals surface area contributed by atoms with Crippen LogP contribution in [-0.4, -0.2) is 44.3 Å². The summed E-state index contributed by atoms with van der Waals surface area (Å²) in [5.74, 6) is -2.06. The van der Waals surface area contributed by atoms with Gasteiger partial charge >= 0.3 is 5.97 Å². The zero-order valence-electron chi connectivity index (χ0n) is 16.1. The third-order valence-corrected chi connectivity index (χ3v) is 6.03. The molecule has 1 aromatic heterocycles. The summed E-state index contributed by atoms with van der Waals surface area (Å²) in [6.45, 7) is 4.19. The van der Waals surface area contributed by atoms with Gasteiger partial charge in [0.15, 0.2) is 5.69 Å². The number of carboxylic acid groups (broad SMARTS) is 1. The van der Waals surface area contributed by atoms with Gasteiger partial charge in [0.1, 0.15) is 11.5 Å². The molecule has 1 amide bonds. The van der Waals surface area contributed by atoms with Crippen LogP contribution < -0.4 is 0 Å². The van der Waals surface area contributed by atoms with E-state index >= 15 is 0 Å². The number of benzene rings is 1. The quantitative estimate of drug-likeness (QED) is 0.881. The fraction of sp³-hybridized carbons (Fsp3) is 0.476. The molecule has 2 heterocycles. The van der Waals surface area contributed by atoms with E-state index in [-0.39, 0.29) is 11.7 Å². The fourth-order valence-corrected chi connectivity index (χ4v) is 4.49. The fourth-order valence-electron chi connectivity index (χ4n) is 4.49. The summed E-state index contributed by atoms with van der Waals surface area (Å²) in [6, 6.07) is 4.46. The molecular weight excluding hydrogens is 361 g/mol. The molecule has 2 aliphatic rings. The van der Waals surface area contributed by atoms with E-state index < -0.39 is 17.9 Å². The van der Waals surface area contributed by atoms with Crippen LogP contribution in [0.5, 0.6) is 0 Å². The first-order valence-electron chi connectivity index (χ1n) is 9.79. The topological polar surface area (TPSA) is 75.4 Å². The first-order valence-corrected chi connectivity index (χ1v) is 9.79. The minimum absolute atomic E-state index is 0.247. The van der Waals surface area contributed by atoms with Crippen LogP contribution in [-0.2, 0) is 17.6 Å². The van der Waals surface area contributed by atoms with Gasteiger partial charge in [0.2, 0.25) is 0 Å². The molecule has 7 heteroatoms. The van der Waals surface area contributed by atoms with Gasteiger partial charge in [-0.1, -0.05) is 6.07 Å². The van der Waals surface area contributed by atoms with Gasteiger partial charge in [-0.2, -0.15) is 5.10 Å². The molecule has 2 aromatic rings. The van der Waals surface area contributed by atoms with E-state index in [4.69, 9.17) is 0 Å². The van der Waals surface area contributed by atoms with Crippen molar-refractivity contribution >= 4 is 11.9 Å². The number of rotatable bonds is 3. The molecule has 0 bridgehead atoms. The van der Waals surface area contributed by atoms with Crippen molar-refractivity contribution in [2.75, 3.05) is 6.54 Å². The normalized spacial score (nSPS) is 21.6. The Morgan fingerprint density at radius 1 is 1.25 bits per heavy atom. The van der Waals surface area contributed by atoms with Crippen molar-refractivity contribution in [3.05, 3.63) is 46.5 Å². The number of aryl methyl sites for hydroxylation is 1. The molecule has 0 saturated carbocycles. The van der Waals surface area contributed by atoms with Crippen LogP contribution in [0.15, 0.2) is 18.2 Å². The van der Waals surface area contributed by atoms with Gasteiger partial charge < -0.3 is 10.0 Å². The van der Waals surface area contributed by atoms with Crippen LogP contribution in [0.3, 0.4) is 0 Å². The Hall–Kier alpha value is -2.70. The Labute approximate surface area is 163 Å². The molecule has 6 nitrogen and oxygen atoms in total. The van der Waals surface area contributed by atoms with Crippen molar-refractivity contribution in [2.45, 2.75) is 52.0 Å². The number of hydrogen-bond acceptors (Lipinski definition) is 3. The average molecular weight is 385 g/mol. The Morgan fingerprint density at radius 2 is 2.04 bits per heavy atom. The molecule has 0 radical (unpaired) electrons. The maximum Gasteiger partial charge on any atom is 0.308 e. The highest BCUT2D eigenvalue weighted by Gasteiger charge is 2.38. The van der Waals surface area contributed by atoms with Crippen molar-refractivity contribution in [3.8, 4) is 5.69 Å². The standard InChI is InChI=1S/C21H24FN3O3/c1-12-8-9-16(22)18(11-12)25-17-7-3-5-15(17)19(23-25)20(26)24-10-4-6-14(13(24)2)21(27)28/h8-9,11,13-14H,3-7,10H2,1-2H3,(H,27,28)/t13-,14-/m1/s1. The van der Waals surface area contributed by atoms with Crippen LogP contribution in [0.1, 0.15) is 53.5 Å². The average Bonchev–Trinajstić information content (AvgIpc) is 3.26. The summed E-state index contributed by atoms with van der Waals surface area (Å²) in [6.07, 6.45) is 3.60. The van der Waals surface area contributed by atoms with Crippen LogP contribution in [0.4, 0.5) is 4.39 Å². The van der Waals surface area contributed by atoms with Gasteiger partial charge in [-0.3, -0.25) is 9.59 Å². The molecule has 148 valence electrons. The predicted molar refractivity (Wildman–Crippen MR) is 101 cm³/mol. The number of carbonyl (C=O) groups excluding carboxylic acids is 1. The second kappa shape index (κ2) is 7.04. The highest BCUT2D eigenvalue weighted by molar-refractivity contribution is 5.95. The van der Waals surface area contributed by atoms with Crippen molar-refractivity contribution in [2.24, 2.45) is 5.92 Å². The lowest BCUT2D eigenvalue weighted by molar-refractivity contribution is -0.144. The van der Waals surface area contributed by atoms with E-state index in [0.717, 1.165) is 36.1 Å². The van der Waals surface area contributed by atoms with E-state index in [1.165, 1.54) is 6.07 Å². The van der Waals surface area contributed by atoms with Crippen LogP contribution >= 0.6 is 0 Å². The molecule has 1 aliphatic carbocycles. The van der Waals surface area contributed by atoms with Crippen LogP contribution in [0, 0.1) is 18.7 Å². The van der Waals surface area contributed by atoms with Gasteiger partial charge in [0.05, 0.1) is 5.92 Å². The number of carboxylic acids is 1. The second-order valence-corrected chi connectivity index (χ2v) is 7.82. The summed E-state index contributed by atoms with van der Waals surface area (Å²) in [4.78, 5) is 26.4. The van der Waals surface area contributed by atoms with Crippen LogP contribution in [0.2, 0.25) is 0 Å². The van der Waals surface area contributed by atoms with Gasteiger partial charge in [-0.25, -0.2) is 9.07 Å².